The van der Waals surface area contributed by atoms with Gasteiger partial charge < -0.3 is 15.4 Å². The first-order valence-electron chi connectivity index (χ1n) is 8.68. The summed E-state index contributed by atoms with van der Waals surface area (Å²) in [5.41, 5.74) is 2.41. The molecule has 0 spiro atoms. The third-order valence-corrected chi connectivity index (χ3v) is 4.85. The van der Waals surface area contributed by atoms with E-state index in [0.717, 1.165) is 55.8 Å². The summed E-state index contributed by atoms with van der Waals surface area (Å²) in [5, 5.41) is 7.75. The average Bonchev–Trinajstić information content (AvgIpc) is 2.95. The molecule has 0 saturated heterocycles. The lowest BCUT2D eigenvalue weighted by molar-refractivity contribution is 0.135. The molecule has 0 radical (unpaired) electrons. The molecule has 26 heavy (non-hydrogen) atoms. The predicted molar refractivity (Wildman–Crippen MR) is 121 cm³/mol. The van der Waals surface area contributed by atoms with E-state index in [1.165, 1.54) is 10.4 Å². The minimum Gasteiger partial charge on any atom is -0.381 e. The summed E-state index contributed by atoms with van der Waals surface area (Å²) in [6, 6.07) is 10.4. The number of nitrogens with zero attached hydrogens (tertiary/aromatic N) is 2. The van der Waals surface area contributed by atoms with Crippen LogP contribution in [0.1, 0.15) is 27.6 Å². The summed E-state index contributed by atoms with van der Waals surface area (Å²) in [5.74, 6) is 0.815. The molecule has 1 aromatic heterocycles. The van der Waals surface area contributed by atoms with Crippen molar-refractivity contribution in [2.75, 3.05) is 26.8 Å². The van der Waals surface area contributed by atoms with Gasteiger partial charge in [-0.1, -0.05) is 30.3 Å². The number of thiazole rings is 1. The van der Waals surface area contributed by atoms with Gasteiger partial charge in [-0.2, -0.15) is 0 Å². The summed E-state index contributed by atoms with van der Waals surface area (Å²) in [6.45, 7) is 7.19. The van der Waals surface area contributed by atoms with Crippen molar-refractivity contribution >= 4 is 41.3 Å². The number of hydrogen-bond donors (Lipinski definition) is 2. The molecular weight excluding hydrogens is 459 g/mol. The fourth-order valence-corrected chi connectivity index (χ4v) is 3.32. The average molecular weight is 488 g/mol. The monoisotopic (exact) mass is 488 g/mol. The number of guanidine groups is 1. The number of nitrogens with one attached hydrogen (secondary N) is 2. The lowest BCUT2D eigenvalue weighted by Crippen LogP contribution is -2.37. The number of halogens is 1. The molecule has 1 heterocycles. The lowest BCUT2D eigenvalue weighted by Gasteiger charge is -2.11. The first-order valence-corrected chi connectivity index (χ1v) is 9.50. The maximum Gasteiger partial charge on any atom is 0.191 e. The third kappa shape index (κ3) is 8.46. The van der Waals surface area contributed by atoms with E-state index in [4.69, 9.17) is 4.74 Å². The van der Waals surface area contributed by atoms with Crippen molar-refractivity contribution < 1.29 is 4.74 Å². The Kier molecular flexibility index (Phi) is 11.5. The van der Waals surface area contributed by atoms with Crippen LogP contribution in [0.4, 0.5) is 0 Å². The highest BCUT2D eigenvalue weighted by molar-refractivity contribution is 14.0. The van der Waals surface area contributed by atoms with E-state index in [9.17, 15) is 0 Å². The van der Waals surface area contributed by atoms with E-state index in [1.54, 1.807) is 18.4 Å². The highest BCUT2D eigenvalue weighted by Gasteiger charge is 2.05. The van der Waals surface area contributed by atoms with Crippen LogP contribution >= 0.6 is 35.3 Å². The number of hydrogen-bond acceptors (Lipinski definition) is 4. The zero-order valence-electron chi connectivity index (χ0n) is 15.7. The molecule has 5 nitrogen and oxygen atoms in total. The Morgan fingerprint density at radius 3 is 2.58 bits per heavy atom. The molecular formula is C19H29IN4OS. The number of aromatic nitrogens is 1. The summed E-state index contributed by atoms with van der Waals surface area (Å²) < 4.78 is 5.69. The van der Waals surface area contributed by atoms with Crippen LogP contribution in [0.2, 0.25) is 0 Å². The van der Waals surface area contributed by atoms with E-state index in [2.05, 4.69) is 44.9 Å². The van der Waals surface area contributed by atoms with Gasteiger partial charge in [0.15, 0.2) is 5.96 Å². The molecule has 7 heteroatoms. The second-order valence-electron chi connectivity index (χ2n) is 5.80. The Morgan fingerprint density at radius 2 is 1.92 bits per heavy atom. The molecule has 2 N–H and O–H groups in total. The summed E-state index contributed by atoms with van der Waals surface area (Å²) in [7, 11) is 1.79. The van der Waals surface area contributed by atoms with Crippen LogP contribution in [-0.4, -0.2) is 37.7 Å². The van der Waals surface area contributed by atoms with Crippen LogP contribution in [0.15, 0.2) is 35.3 Å². The molecule has 0 aliphatic carbocycles. The molecule has 0 bridgehead atoms. The number of ether oxygens (including phenoxy) is 1. The van der Waals surface area contributed by atoms with Gasteiger partial charge in [0.05, 0.1) is 23.9 Å². The smallest absolute Gasteiger partial charge is 0.191 e. The Hall–Kier alpha value is -1.19. The minimum atomic E-state index is 0. The molecule has 0 saturated carbocycles. The molecule has 0 unspecified atom stereocenters. The second kappa shape index (κ2) is 13.1. The van der Waals surface area contributed by atoms with Gasteiger partial charge in [0.2, 0.25) is 0 Å². The first kappa shape index (κ1) is 22.9. The molecule has 2 aromatic rings. The van der Waals surface area contributed by atoms with Gasteiger partial charge >= 0.3 is 0 Å². The molecule has 0 aliphatic heterocycles. The number of aliphatic imine (C=N–C) groups is 1. The molecule has 0 fully saturated rings. The van der Waals surface area contributed by atoms with Gasteiger partial charge in [0.1, 0.15) is 0 Å². The van der Waals surface area contributed by atoms with Crippen LogP contribution in [0.3, 0.4) is 0 Å². The van der Waals surface area contributed by atoms with Gasteiger partial charge in [-0.3, -0.25) is 4.99 Å². The molecule has 0 atom stereocenters. The van der Waals surface area contributed by atoms with Gasteiger partial charge in [0, 0.05) is 25.1 Å². The topological polar surface area (TPSA) is 58.5 Å². The van der Waals surface area contributed by atoms with Crippen molar-refractivity contribution in [3.63, 3.8) is 0 Å². The molecule has 144 valence electrons. The fourth-order valence-electron chi connectivity index (χ4n) is 2.44. The Labute approximate surface area is 177 Å². The van der Waals surface area contributed by atoms with Crippen molar-refractivity contribution in [1.29, 1.82) is 0 Å². The van der Waals surface area contributed by atoms with E-state index >= 15 is 0 Å². The summed E-state index contributed by atoms with van der Waals surface area (Å²) in [4.78, 5) is 9.95. The fraction of sp³-hybridized carbons (Fsp3) is 0.474. The standard InChI is InChI=1S/C19H28N4OS.HI/c1-15-18(25-16(2)23-15)14-22-19(20-3)21-11-7-12-24-13-10-17-8-5-4-6-9-17;/h4-6,8-9H,7,10-14H2,1-3H3,(H2,20,21,22);1H. The SMILES string of the molecule is CN=C(NCCCOCCc1ccccc1)NCc1sc(C)nc1C.I. The second-order valence-corrected chi connectivity index (χ2v) is 7.08. The maximum absolute atomic E-state index is 5.69. The van der Waals surface area contributed by atoms with Crippen molar-refractivity contribution in [3.8, 4) is 0 Å². The van der Waals surface area contributed by atoms with Crippen molar-refractivity contribution in [2.24, 2.45) is 4.99 Å². The Bertz CT molecular complexity index is 661. The van der Waals surface area contributed by atoms with Crippen molar-refractivity contribution in [1.82, 2.24) is 15.6 Å². The highest BCUT2D eigenvalue weighted by atomic mass is 127. The quantitative estimate of drug-likeness (QED) is 0.245. The van der Waals surface area contributed by atoms with Crippen LogP contribution in [0, 0.1) is 13.8 Å². The number of aryl methyl sites for hydroxylation is 2. The minimum absolute atomic E-state index is 0. The van der Waals surface area contributed by atoms with Crippen molar-refractivity contribution in [2.45, 2.75) is 33.2 Å². The van der Waals surface area contributed by atoms with E-state index in [1.807, 2.05) is 19.9 Å². The Morgan fingerprint density at radius 1 is 1.15 bits per heavy atom. The summed E-state index contributed by atoms with van der Waals surface area (Å²) >= 11 is 1.73. The number of benzene rings is 1. The third-order valence-electron chi connectivity index (χ3n) is 3.78. The summed E-state index contributed by atoms with van der Waals surface area (Å²) in [6.07, 6.45) is 1.92. The molecule has 2 rings (SSSR count). The first-order chi connectivity index (χ1) is 12.2. The Balaban J connectivity index is 0.00000338. The molecule has 0 amide bonds. The van der Waals surface area contributed by atoms with E-state index in [0.29, 0.717) is 0 Å². The van der Waals surface area contributed by atoms with E-state index < -0.39 is 0 Å². The maximum atomic E-state index is 5.69. The van der Waals surface area contributed by atoms with Crippen molar-refractivity contribution in [3.05, 3.63) is 51.5 Å². The zero-order valence-corrected chi connectivity index (χ0v) is 18.9. The predicted octanol–water partition coefficient (Wildman–Crippen LogP) is 3.69. The van der Waals surface area contributed by atoms with Gasteiger partial charge in [-0.15, -0.1) is 35.3 Å². The molecule has 1 aromatic carbocycles. The van der Waals surface area contributed by atoms with E-state index in [-0.39, 0.29) is 24.0 Å². The lowest BCUT2D eigenvalue weighted by atomic mass is 10.2. The number of rotatable bonds is 9. The highest BCUT2D eigenvalue weighted by Crippen LogP contribution is 2.16. The normalized spacial score (nSPS) is 11.1. The van der Waals surface area contributed by atoms with Gasteiger partial charge in [-0.05, 0) is 32.3 Å². The zero-order chi connectivity index (χ0) is 17.9. The van der Waals surface area contributed by atoms with Crippen LogP contribution in [-0.2, 0) is 17.7 Å². The largest absolute Gasteiger partial charge is 0.381 e. The van der Waals surface area contributed by atoms with Crippen LogP contribution < -0.4 is 10.6 Å². The van der Waals surface area contributed by atoms with Crippen LogP contribution in [0.5, 0.6) is 0 Å². The van der Waals surface area contributed by atoms with Gasteiger partial charge in [-0.25, -0.2) is 4.98 Å². The van der Waals surface area contributed by atoms with Gasteiger partial charge in [0.25, 0.3) is 0 Å². The molecule has 0 aliphatic rings. The van der Waals surface area contributed by atoms with Crippen LogP contribution in [0.25, 0.3) is 0 Å².